The van der Waals surface area contributed by atoms with E-state index in [1.54, 1.807) is 19.1 Å². The maximum atomic E-state index is 12.5. The molecule has 0 fully saturated rings. The van der Waals surface area contributed by atoms with E-state index in [-0.39, 0.29) is 6.54 Å². The Labute approximate surface area is 144 Å². The molecule has 0 aliphatic rings. The van der Waals surface area contributed by atoms with Gasteiger partial charge in [0.1, 0.15) is 18.3 Å². The fraction of sp³-hybridized carbons (Fsp3) is 0.529. The van der Waals surface area contributed by atoms with Crippen molar-refractivity contribution < 1.29 is 20.4 Å². The number of aryl methyl sites for hydroxylation is 3. The van der Waals surface area contributed by atoms with Crippen molar-refractivity contribution in [2.45, 2.75) is 52.2 Å². The third-order valence-electron chi connectivity index (χ3n) is 4.51. The molecule has 25 heavy (non-hydrogen) atoms. The standard InChI is InChI=1S/C17H24N2O6/c1-4-18-11-5-9(2)10(3)6-12(11)19(17(25)16(18)24)7-13(21)15(23)14(22)8-20/h5-6,13-15,20-23H,4,7-8H2,1-3H3. The van der Waals surface area contributed by atoms with Gasteiger partial charge >= 0.3 is 11.1 Å². The van der Waals surface area contributed by atoms with Gasteiger partial charge < -0.3 is 25.0 Å². The molecule has 0 radical (unpaired) electrons. The number of hydrogen-bond donors (Lipinski definition) is 4. The van der Waals surface area contributed by atoms with Crippen LogP contribution in [0.1, 0.15) is 18.1 Å². The maximum Gasteiger partial charge on any atom is 0.317 e. The highest BCUT2D eigenvalue weighted by Gasteiger charge is 2.26. The molecule has 0 bridgehead atoms. The van der Waals surface area contributed by atoms with E-state index >= 15 is 0 Å². The second-order valence-electron chi connectivity index (χ2n) is 6.20. The van der Waals surface area contributed by atoms with Crippen molar-refractivity contribution in [3.63, 3.8) is 0 Å². The van der Waals surface area contributed by atoms with Gasteiger partial charge in [0.25, 0.3) is 0 Å². The van der Waals surface area contributed by atoms with Crippen molar-refractivity contribution >= 4 is 11.0 Å². The predicted molar refractivity (Wildman–Crippen MR) is 92.7 cm³/mol. The van der Waals surface area contributed by atoms with Crippen molar-refractivity contribution in [1.82, 2.24) is 9.13 Å². The molecule has 8 heteroatoms. The van der Waals surface area contributed by atoms with Crippen LogP contribution in [0, 0.1) is 13.8 Å². The summed E-state index contributed by atoms with van der Waals surface area (Å²) in [6.45, 7) is 4.73. The highest BCUT2D eigenvalue weighted by molar-refractivity contribution is 5.77. The van der Waals surface area contributed by atoms with Gasteiger partial charge in [0, 0.05) is 6.54 Å². The molecule has 4 N–H and O–H groups in total. The quantitative estimate of drug-likeness (QED) is 0.488. The Bertz CT molecular complexity index is 885. The van der Waals surface area contributed by atoms with Gasteiger partial charge in [0.2, 0.25) is 0 Å². The second kappa shape index (κ2) is 7.49. The minimum atomic E-state index is -1.65. The van der Waals surface area contributed by atoms with E-state index < -0.39 is 36.0 Å². The first kappa shape index (κ1) is 19.3. The summed E-state index contributed by atoms with van der Waals surface area (Å²) in [5.74, 6) is 0. The van der Waals surface area contributed by atoms with E-state index in [1.807, 2.05) is 13.8 Å². The highest BCUT2D eigenvalue weighted by Crippen LogP contribution is 2.18. The Kier molecular flexibility index (Phi) is 5.79. The van der Waals surface area contributed by atoms with Gasteiger partial charge in [-0.25, -0.2) is 0 Å². The maximum absolute atomic E-state index is 12.5. The van der Waals surface area contributed by atoms with E-state index in [4.69, 9.17) is 5.11 Å². The summed E-state index contributed by atoms with van der Waals surface area (Å²) in [6, 6.07) is 3.55. The molecule has 1 aromatic carbocycles. The van der Waals surface area contributed by atoms with Crippen molar-refractivity contribution in [2.75, 3.05) is 6.61 Å². The summed E-state index contributed by atoms with van der Waals surface area (Å²) in [5, 5.41) is 38.3. The number of aromatic nitrogens is 2. The molecule has 0 saturated heterocycles. The molecule has 0 aliphatic heterocycles. The van der Waals surface area contributed by atoms with Gasteiger partial charge in [0.05, 0.1) is 24.2 Å². The number of fused-ring (bicyclic) bond motifs is 1. The van der Waals surface area contributed by atoms with E-state index in [0.717, 1.165) is 15.7 Å². The zero-order chi connectivity index (χ0) is 18.9. The van der Waals surface area contributed by atoms with Gasteiger partial charge in [0.15, 0.2) is 0 Å². The normalized spacial score (nSPS) is 15.3. The molecule has 2 aromatic rings. The lowest BCUT2D eigenvalue weighted by atomic mass is 10.1. The zero-order valence-corrected chi connectivity index (χ0v) is 14.5. The topological polar surface area (TPSA) is 125 Å². The van der Waals surface area contributed by atoms with Crippen LogP contribution >= 0.6 is 0 Å². The highest BCUT2D eigenvalue weighted by atomic mass is 16.4. The minimum Gasteiger partial charge on any atom is -0.394 e. The largest absolute Gasteiger partial charge is 0.394 e. The first-order valence-electron chi connectivity index (χ1n) is 8.12. The van der Waals surface area contributed by atoms with Crippen LogP contribution in [0.5, 0.6) is 0 Å². The molecule has 0 aliphatic carbocycles. The number of benzene rings is 1. The van der Waals surface area contributed by atoms with Crippen LogP contribution in [0.2, 0.25) is 0 Å². The van der Waals surface area contributed by atoms with E-state index in [2.05, 4.69) is 0 Å². The molecule has 1 heterocycles. The summed E-state index contributed by atoms with van der Waals surface area (Å²) in [5.41, 5.74) is 1.34. The summed E-state index contributed by atoms with van der Waals surface area (Å²) < 4.78 is 2.47. The van der Waals surface area contributed by atoms with Gasteiger partial charge in [-0.1, -0.05) is 0 Å². The number of rotatable bonds is 6. The lowest BCUT2D eigenvalue weighted by Gasteiger charge is -2.23. The molecule has 138 valence electrons. The van der Waals surface area contributed by atoms with E-state index in [1.165, 1.54) is 4.57 Å². The Morgan fingerprint density at radius 3 is 1.88 bits per heavy atom. The van der Waals surface area contributed by atoms with Gasteiger partial charge in [-0.3, -0.25) is 14.2 Å². The molecule has 0 saturated carbocycles. The average molecular weight is 352 g/mol. The predicted octanol–water partition coefficient (Wildman–Crippen LogP) is -1.13. The molecular weight excluding hydrogens is 328 g/mol. The van der Waals surface area contributed by atoms with Crippen molar-refractivity contribution in [1.29, 1.82) is 0 Å². The van der Waals surface area contributed by atoms with Crippen LogP contribution in [-0.2, 0) is 13.1 Å². The van der Waals surface area contributed by atoms with Crippen LogP contribution in [0.15, 0.2) is 21.7 Å². The number of aliphatic hydroxyl groups excluding tert-OH is 4. The average Bonchev–Trinajstić information content (AvgIpc) is 2.59. The zero-order valence-electron chi connectivity index (χ0n) is 14.5. The van der Waals surface area contributed by atoms with E-state index in [9.17, 15) is 24.9 Å². The van der Waals surface area contributed by atoms with Crippen LogP contribution in [-0.4, -0.2) is 54.5 Å². The van der Waals surface area contributed by atoms with Gasteiger partial charge in [-0.15, -0.1) is 0 Å². The fourth-order valence-corrected chi connectivity index (χ4v) is 2.82. The Morgan fingerprint density at radius 2 is 1.40 bits per heavy atom. The molecular formula is C17H24N2O6. The van der Waals surface area contributed by atoms with Gasteiger partial charge in [-0.05, 0) is 44.0 Å². The first-order chi connectivity index (χ1) is 11.7. The fourth-order valence-electron chi connectivity index (χ4n) is 2.82. The molecule has 3 atom stereocenters. The molecule has 3 unspecified atom stereocenters. The molecule has 2 rings (SSSR count). The lowest BCUT2D eigenvalue weighted by Crippen LogP contribution is -2.47. The number of aliphatic hydroxyl groups is 4. The summed E-state index contributed by atoms with van der Waals surface area (Å²) in [4.78, 5) is 24.8. The minimum absolute atomic E-state index is 0.322. The Morgan fingerprint density at radius 1 is 0.920 bits per heavy atom. The Hall–Kier alpha value is -2.00. The summed E-state index contributed by atoms with van der Waals surface area (Å²) >= 11 is 0. The Balaban J connectivity index is 2.68. The molecule has 0 spiro atoms. The third-order valence-corrected chi connectivity index (χ3v) is 4.51. The third kappa shape index (κ3) is 3.52. The summed E-state index contributed by atoms with van der Waals surface area (Å²) in [6.07, 6.45) is -4.72. The molecule has 8 nitrogen and oxygen atoms in total. The van der Waals surface area contributed by atoms with Crippen LogP contribution in [0.25, 0.3) is 11.0 Å². The monoisotopic (exact) mass is 352 g/mol. The smallest absolute Gasteiger partial charge is 0.317 e. The molecule has 0 amide bonds. The SMILES string of the molecule is CCn1c(=O)c(=O)n(CC(O)C(O)C(O)CO)c2cc(C)c(C)cc21. The van der Waals surface area contributed by atoms with Crippen molar-refractivity contribution in [2.24, 2.45) is 0 Å². The van der Waals surface area contributed by atoms with Crippen molar-refractivity contribution in [3.8, 4) is 0 Å². The van der Waals surface area contributed by atoms with Crippen LogP contribution < -0.4 is 11.1 Å². The van der Waals surface area contributed by atoms with E-state index in [0.29, 0.717) is 17.6 Å². The second-order valence-corrected chi connectivity index (χ2v) is 6.20. The number of hydrogen-bond acceptors (Lipinski definition) is 6. The molecule has 1 aromatic heterocycles. The van der Waals surface area contributed by atoms with Crippen LogP contribution in [0.3, 0.4) is 0 Å². The van der Waals surface area contributed by atoms with Gasteiger partial charge in [-0.2, -0.15) is 0 Å². The first-order valence-corrected chi connectivity index (χ1v) is 8.12. The van der Waals surface area contributed by atoms with Crippen LogP contribution in [0.4, 0.5) is 0 Å². The summed E-state index contributed by atoms with van der Waals surface area (Å²) in [7, 11) is 0. The lowest BCUT2D eigenvalue weighted by molar-refractivity contribution is -0.0805. The van der Waals surface area contributed by atoms with Crippen molar-refractivity contribution in [3.05, 3.63) is 44.0 Å². The number of nitrogens with zero attached hydrogens (tertiary/aromatic N) is 2.